The van der Waals surface area contributed by atoms with Gasteiger partial charge in [-0.05, 0) is 51.4 Å². The van der Waals surface area contributed by atoms with Crippen LogP contribution in [-0.4, -0.2) is 31.0 Å². The summed E-state index contributed by atoms with van der Waals surface area (Å²) >= 11 is 0. The van der Waals surface area contributed by atoms with E-state index in [1.165, 1.54) is 25.7 Å². The van der Waals surface area contributed by atoms with E-state index < -0.39 is 0 Å². The third kappa shape index (κ3) is 3.93. The van der Waals surface area contributed by atoms with Crippen molar-refractivity contribution < 1.29 is 9.47 Å². The Morgan fingerprint density at radius 3 is 2.84 bits per heavy atom. The first-order valence-corrected chi connectivity index (χ1v) is 8.17. The van der Waals surface area contributed by atoms with E-state index in [-0.39, 0.29) is 11.6 Å². The van der Waals surface area contributed by atoms with Crippen LogP contribution in [0.2, 0.25) is 0 Å². The molecule has 1 heterocycles. The third-order valence-electron chi connectivity index (χ3n) is 4.92. The zero-order valence-corrected chi connectivity index (χ0v) is 12.7. The monoisotopic (exact) mass is 269 g/mol. The van der Waals surface area contributed by atoms with Crippen molar-refractivity contribution in [3.05, 3.63) is 0 Å². The molecule has 112 valence electrons. The van der Waals surface area contributed by atoms with Gasteiger partial charge in [0.15, 0.2) is 0 Å². The lowest BCUT2D eigenvalue weighted by molar-refractivity contribution is -0.0956. The van der Waals surface area contributed by atoms with Gasteiger partial charge in [-0.25, -0.2) is 0 Å². The highest BCUT2D eigenvalue weighted by Gasteiger charge is 2.41. The number of nitrogens with two attached hydrogens (primary N) is 1. The summed E-state index contributed by atoms with van der Waals surface area (Å²) in [5.74, 6) is 0.745. The Labute approximate surface area is 118 Å². The van der Waals surface area contributed by atoms with Gasteiger partial charge < -0.3 is 15.2 Å². The molecule has 0 radical (unpaired) electrons. The van der Waals surface area contributed by atoms with E-state index in [4.69, 9.17) is 15.2 Å². The lowest BCUT2D eigenvalue weighted by Crippen LogP contribution is -2.53. The summed E-state index contributed by atoms with van der Waals surface area (Å²) in [6, 6.07) is 0.166. The lowest BCUT2D eigenvalue weighted by Gasteiger charge is -2.44. The molecule has 0 spiro atoms. The van der Waals surface area contributed by atoms with Gasteiger partial charge >= 0.3 is 0 Å². The maximum atomic E-state index is 6.53. The predicted molar refractivity (Wildman–Crippen MR) is 78.2 cm³/mol. The Bertz CT molecular complexity index is 261. The van der Waals surface area contributed by atoms with E-state index in [2.05, 4.69) is 13.8 Å². The van der Waals surface area contributed by atoms with Gasteiger partial charge in [0, 0.05) is 19.3 Å². The first-order chi connectivity index (χ1) is 9.16. The molecule has 2 aliphatic rings. The average molecular weight is 269 g/mol. The Morgan fingerprint density at radius 2 is 2.21 bits per heavy atom. The lowest BCUT2D eigenvalue weighted by atomic mass is 9.73. The topological polar surface area (TPSA) is 44.5 Å². The minimum Gasteiger partial charge on any atom is -0.378 e. The highest BCUT2D eigenvalue weighted by atomic mass is 16.5. The SMILES string of the molecule is CCOC1(C(N)CCC2CCCO2)CCCC(C)C1. The molecule has 1 saturated carbocycles. The van der Waals surface area contributed by atoms with E-state index in [1.807, 2.05) is 0 Å². The van der Waals surface area contributed by atoms with Gasteiger partial charge in [0.1, 0.15) is 0 Å². The minimum absolute atomic E-state index is 0.0645. The van der Waals surface area contributed by atoms with Crippen LogP contribution in [0.15, 0.2) is 0 Å². The molecule has 2 rings (SSSR count). The van der Waals surface area contributed by atoms with Gasteiger partial charge in [0.25, 0.3) is 0 Å². The molecule has 3 heteroatoms. The molecule has 0 aromatic rings. The van der Waals surface area contributed by atoms with Crippen molar-refractivity contribution in [1.29, 1.82) is 0 Å². The summed E-state index contributed by atoms with van der Waals surface area (Å²) in [5, 5.41) is 0. The van der Waals surface area contributed by atoms with Crippen molar-refractivity contribution in [3.8, 4) is 0 Å². The number of hydrogen-bond acceptors (Lipinski definition) is 3. The summed E-state index contributed by atoms with van der Waals surface area (Å²) in [7, 11) is 0. The zero-order valence-electron chi connectivity index (χ0n) is 12.7. The van der Waals surface area contributed by atoms with Crippen LogP contribution in [0.3, 0.4) is 0 Å². The van der Waals surface area contributed by atoms with E-state index in [1.54, 1.807) is 0 Å². The molecule has 3 nitrogen and oxygen atoms in total. The van der Waals surface area contributed by atoms with Crippen molar-refractivity contribution in [2.75, 3.05) is 13.2 Å². The van der Waals surface area contributed by atoms with Crippen molar-refractivity contribution in [2.45, 2.75) is 83.0 Å². The molecule has 2 fully saturated rings. The summed E-state index contributed by atoms with van der Waals surface area (Å²) < 4.78 is 11.9. The molecule has 0 bridgehead atoms. The summed E-state index contributed by atoms with van der Waals surface area (Å²) in [4.78, 5) is 0. The second-order valence-corrected chi connectivity index (χ2v) is 6.52. The van der Waals surface area contributed by atoms with Gasteiger partial charge in [0.05, 0.1) is 11.7 Å². The zero-order chi connectivity index (χ0) is 13.7. The fraction of sp³-hybridized carbons (Fsp3) is 1.00. The summed E-state index contributed by atoms with van der Waals surface area (Å²) in [6.07, 6.45) is 9.87. The Morgan fingerprint density at radius 1 is 1.37 bits per heavy atom. The second kappa shape index (κ2) is 7.05. The Hall–Kier alpha value is -0.120. The molecular formula is C16H31NO2. The first-order valence-electron chi connectivity index (χ1n) is 8.17. The van der Waals surface area contributed by atoms with E-state index >= 15 is 0 Å². The van der Waals surface area contributed by atoms with Crippen molar-refractivity contribution in [2.24, 2.45) is 11.7 Å². The maximum absolute atomic E-state index is 6.53. The standard InChI is InChI=1S/C16H31NO2/c1-3-19-16(10-4-6-13(2)12-16)15(17)9-8-14-7-5-11-18-14/h13-15H,3-12,17H2,1-2H3. The summed E-state index contributed by atoms with van der Waals surface area (Å²) in [5.41, 5.74) is 6.46. The molecule has 0 aromatic heterocycles. The third-order valence-corrected chi connectivity index (χ3v) is 4.92. The van der Waals surface area contributed by atoms with Crippen LogP contribution >= 0.6 is 0 Å². The maximum Gasteiger partial charge on any atom is 0.0835 e. The quantitative estimate of drug-likeness (QED) is 0.805. The molecule has 19 heavy (non-hydrogen) atoms. The number of rotatable bonds is 6. The van der Waals surface area contributed by atoms with Crippen LogP contribution in [0.5, 0.6) is 0 Å². The fourth-order valence-electron chi connectivity index (χ4n) is 3.91. The second-order valence-electron chi connectivity index (χ2n) is 6.52. The van der Waals surface area contributed by atoms with Gasteiger partial charge in [0.2, 0.25) is 0 Å². The van der Waals surface area contributed by atoms with Crippen LogP contribution in [0.4, 0.5) is 0 Å². The predicted octanol–water partition coefficient (Wildman–Crippen LogP) is 3.26. The van der Waals surface area contributed by atoms with Crippen LogP contribution in [0.1, 0.15) is 65.2 Å². The molecular weight excluding hydrogens is 238 g/mol. The molecule has 4 atom stereocenters. The van der Waals surface area contributed by atoms with E-state index in [9.17, 15) is 0 Å². The van der Waals surface area contributed by atoms with Crippen molar-refractivity contribution >= 4 is 0 Å². The fourth-order valence-corrected chi connectivity index (χ4v) is 3.91. The molecule has 0 aromatic carbocycles. The molecule has 4 unspecified atom stereocenters. The van der Waals surface area contributed by atoms with Crippen molar-refractivity contribution in [1.82, 2.24) is 0 Å². The summed E-state index contributed by atoms with van der Waals surface area (Å²) in [6.45, 7) is 6.14. The van der Waals surface area contributed by atoms with Gasteiger partial charge in [-0.1, -0.05) is 19.8 Å². The highest BCUT2D eigenvalue weighted by Crippen LogP contribution is 2.38. The van der Waals surface area contributed by atoms with Gasteiger partial charge in [-0.3, -0.25) is 0 Å². The molecule has 0 amide bonds. The van der Waals surface area contributed by atoms with Crippen LogP contribution < -0.4 is 5.73 Å². The first kappa shape index (κ1) is 15.3. The average Bonchev–Trinajstić information content (AvgIpc) is 2.89. The number of hydrogen-bond donors (Lipinski definition) is 1. The van der Waals surface area contributed by atoms with Gasteiger partial charge in [-0.2, -0.15) is 0 Å². The van der Waals surface area contributed by atoms with Crippen molar-refractivity contribution in [3.63, 3.8) is 0 Å². The van der Waals surface area contributed by atoms with Crippen LogP contribution in [0, 0.1) is 5.92 Å². The van der Waals surface area contributed by atoms with Crippen LogP contribution in [-0.2, 0) is 9.47 Å². The molecule has 2 N–H and O–H groups in total. The van der Waals surface area contributed by atoms with Crippen LogP contribution in [0.25, 0.3) is 0 Å². The molecule has 1 aliphatic carbocycles. The minimum atomic E-state index is -0.0645. The van der Waals surface area contributed by atoms with E-state index in [0.29, 0.717) is 6.10 Å². The number of ether oxygens (including phenoxy) is 2. The smallest absolute Gasteiger partial charge is 0.0835 e. The Kier molecular flexibility index (Phi) is 5.67. The molecule has 1 aliphatic heterocycles. The van der Waals surface area contributed by atoms with Gasteiger partial charge in [-0.15, -0.1) is 0 Å². The normalized spacial score (nSPS) is 37.4. The Balaban J connectivity index is 1.89. The largest absolute Gasteiger partial charge is 0.378 e. The highest BCUT2D eigenvalue weighted by molar-refractivity contribution is 4.95. The molecule has 1 saturated heterocycles. The van der Waals surface area contributed by atoms with E-state index in [0.717, 1.165) is 44.8 Å².